The van der Waals surface area contributed by atoms with E-state index in [0.29, 0.717) is 5.56 Å². The maximum Gasteiger partial charge on any atom is 0.338 e. The van der Waals surface area contributed by atoms with Crippen molar-refractivity contribution in [1.82, 2.24) is 0 Å². The van der Waals surface area contributed by atoms with E-state index in [1.165, 1.54) is 25.1 Å². The lowest BCUT2D eigenvalue weighted by molar-refractivity contribution is -0.143. The number of alkyl halides is 1. The second kappa shape index (κ2) is 4.17. The lowest BCUT2D eigenvalue weighted by atomic mass is 9.96. The number of carboxylic acid groups (broad SMARTS) is 1. The highest BCUT2D eigenvalue weighted by atomic mass is 19.1. The molecular formula is C10H10F2O2. The number of halogens is 2. The maximum atomic E-state index is 13.0. The van der Waals surface area contributed by atoms with E-state index in [1.807, 2.05) is 0 Å². The highest BCUT2D eigenvalue weighted by molar-refractivity contribution is 5.73. The lowest BCUT2D eigenvalue weighted by Crippen LogP contribution is -2.21. The van der Waals surface area contributed by atoms with Crippen LogP contribution in [0, 0.1) is 5.82 Å². The minimum absolute atomic E-state index is 0.347. The van der Waals surface area contributed by atoms with Crippen molar-refractivity contribution in [2.75, 3.05) is 0 Å². The van der Waals surface area contributed by atoms with Gasteiger partial charge in [0.1, 0.15) is 5.82 Å². The summed E-state index contributed by atoms with van der Waals surface area (Å²) >= 11 is 0. The van der Waals surface area contributed by atoms with Crippen molar-refractivity contribution in [3.63, 3.8) is 0 Å². The van der Waals surface area contributed by atoms with Crippen molar-refractivity contribution in [2.45, 2.75) is 19.0 Å². The van der Waals surface area contributed by atoms with Crippen LogP contribution in [0.5, 0.6) is 0 Å². The Bertz CT molecular complexity index is 339. The standard InChI is InChI=1S/C10H10F2O2/c1-6(9(12)10(13)14)7-3-2-4-8(11)5-7/h2-6,9H,1H3,(H,13,14). The molecule has 0 saturated heterocycles. The van der Waals surface area contributed by atoms with Crippen molar-refractivity contribution < 1.29 is 18.7 Å². The van der Waals surface area contributed by atoms with E-state index in [1.54, 1.807) is 0 Å². The highest BCUT2D eigenvalue weighted by Crippen LogP contribution is 2.22. The van der Waals surface area contributed by atoms with Crippen LogP contribution >= 0.6 is 0 Å². The van der Waals surface area contributed by atoms with Crippen molar-refractivity contribution in [3.8, 4) is 0 Å². The summed E-state index contributed by atoms with van der Waals surface area (Å²) in [6.07, 6.45) is -2.00. The van der Waals surface area contributed by atoms with Gasteiger partial charge < -0.3 is 5.11 Å². The van der Waals surface area contributed by atoms with Crippen LogP contribution in [0.15, 0.2) is 24.3 Å². The van der Waals surface area contributed by atoms with Gasteiger partial charge in [0.05, 0.1) is 0 Å². The number of hydrogen-bond acceptors (Lipinski definition) is 1. The molecule has 1 N–H and O–H groups in total. The fraction of sp³-hybridized carbons (Fsp3) is 0.300. The van der Waals surface area contributed by atoms with Gasteiger partial charge in [-0.25, -0.2) is 13.6 Å². The summed E-state index contributed by atoms with van der Waals surface area (Å²) < 4.78 is 25.7. The molecule has 0 bridgehead atoms. The number of carboxylic acids is 1. The van der Waals surface area contributed by atoms with Gasteiger partial charge >= 0.3 is 5.97 Å². The largest absolute Gasteiger partial charge is 0.479 e. The summed E-state index contributed by atoms with van der Waals surface area (Å²) in [5.74, 6) is -2.86. The zero-order valence-electron chi connectivity index (χ0n) is 7.58. The van der Waals surface area contributed by atoms with Crippen LogP contribution in [0.25, 0.3) is 0 Å². The van der Waals surface area contributed by atoms with Gasteiger partial charge in [-0.1, -0.05) is 19.1 Å². The van der Waals surface area contributed by atoms with Crippen LogP contribution < -0.4 is 0 Å². The van der Waals surface area contributed by atoms with E-state index in [0.717, 1.165) is 6.07 Å². The lowest BCUT2D eigenvalue weighted by Gasteiger charge is -2.13. The summed E-state index contributed by atoms with van der Waals surface area (Å²) in [5.41, 5.74) is 0.347. The SMILES string of the molecule is CC(c1cccc(F)c1)C(F)C(=O)O. The summed E-state index contributed by atoms with van der Waals surface area (Å²) in [4.78, 5) is 10.3. The number of aliphatic carboxylic acids is 1. The smallest absolute Gasteiger partial charge is 0.338 e. The second-order valence-corrected chi connectivity index (χ2v) is 3.08. The predicted molar refractivity (Wildman–Crippen MR) is 47.3 cm³/mol. The minimum Gasteiger partial charge on any atom is -0.479 e. The molecule has 0 aromatic heterocycles. The molecule has 0 spiro atoms. The predicted octanol–water partition coefficient (Wildman–Crippen LogP) is 2.35. The van der Waals surface area contributed by atoms with E-state index in [-0.39, 0.29) is 0 Å². The topological polar surface area (TPSA) is 37.3 Å². The van der Waals surface area contributed by atoms with Crippen LogP contribution in [-0.2, 0) is 4.79 Å². The van der Waals surface area contributed by atoms with Gasteiger partial charge in [-0.15, -0.1) is 0 Å². The highest BCUT2D eigenvalue weighted by Gasteiger charge is 2.25. The van der Waals surface area contributed by atoms with E-state index in [4.69, 9.17) is 5.11 Å². The Balaban J connectivity index is 2.89. The van der Waals surface area contributed by atoms with Crippen molar-refractivity contribution in [3.05, 3.63) is 35.6 Å². The third-order valence-electron chi connectivity index (χ3n) is 2.05. The molecule has 76 valence electrons. The quantitative estimate of drug-likeness (QED) is 0.813. The fourth-order valence-electron chi connectivity index (χ4n) is 1.17. The molecule has 2 unspecified atom stereocenters. The molecule has 0 amide bonds. The second-order valence-electron chi connectivity index (χ2n) is 3.08. The van der Waals surface area contributed by atoms with Gasteiger partial charge in [-0.05, 0) is 17.7 Å². The Morgan fingerprint density at radius 3 is 2.64 bits per heavy atom. The molecular weight excluding hydrogens is 190 g/mol. The molecule has 0 fully saturated rings. The zero-order chi connectivity index (χ0) is 10.7. The molecule has 1 aromatic carbocycles. The number of rotatable bonds is 3. The first-order valence-electron chi connectivity index (χ1n) is 4.14. The molecule has 0 aliphatic heterocycles. The molecule has 1 aromatic rings. The van der Waals surface area contributed by atoms with E-state index < -0.39 is 23.9 Å². The van der Waals surface area contributed by atoms with Crippen LogP contribution in [0.1, 0.15) is 18.4 Å². The average Bonchev–Trinajstić information content (AvgIpc) is 2.15. The zero-order valence-corrected chi connectivity index (χ0v) is 7.58. The normalized spacial score (nSPS) is 14.8. The first-order valence-corrected chi connectivity index (χ1v) is 4.14. The molecule has 2 atom stereocenters. The fourth-order valence-corrected chi connectivity index (χ4v) is 1.17. The van der Waals surface area contributed by atoms with Gasteiger partial charge in [0, 0.05) is 5.92 Å². The van der Waals surface area contributed by atoms with E-state index >= 15 is 0 Å². The van der Waals surface area contributed by atoms with Gasteiger partial charge in [-0.3, -0.25) is 0 Å². The Hall–Kier alpha value is -1.45. The third-order valence-corrected chi connectivity index (χ3v) is 2.05. The van der Waals surface area contributed by atoms with Crippen LogP contribution in [0.2, 0.25) is 0 Å². The summed E-state index contributed by atoms with van der Waals surface area (Å²) in [7, 11) is 0. The van der Waals surface area contributed by atoms with Crippen LogP contribution in [0.4, 0.5) is 8.78 Å². The number of carbonyl (C=O) groups is 1. The average molecular weight is 200 g/mol. The minimum atomic E-state index is -2.00. The molecule has 0 radical (unpaired) electrons. The molecule has 0 aliphatic rings. The van der Waals surface area contributed by atoms with E-state index in [9.17, 15) is 13.6 Å². The number of hydrogen-bond donors (Lipinski definition) is 1. The van der Waals surface area contributed by atoms with Crippen LogP contribution in [-0.4, -0.2) is 17.2 Å². The molecule has 4 heteroatoms. The molecule has 0 aliphatic carbocycles. The molecule has 14 heavy (non-hydrogen) atoms. The first kappa shape index (κ1) is 10.6. The Kier molecular flexibility index (Phi) is 3.17. The molecule has 2 nitrogen and oxygen atoms in total. The third kappa shape index (κ3) is 2.28. The van der Waals surface area contributed by atoms with Gasteiger partial charge in [-0.2, -0.15) is 0 Å². The molecule has 1 rings (SSSR count). The van der Waals surface area contributed by atoms with Crippen LogP contribution in [0.3, 0.4) is 0 Å². The molecule has 0 heterocycles. The summed E-state index contributed by atoms with van der Waals surface area (Å²) in [6, 6.07) is 5.30. The number of benzene rings is 1. The first-order chi connectivity index (χ1) is 6.52. The Labute approximate surface area is 80.2 Å². The van der Waals surface area contributed by atoms with Gasteiger partial charge in [0.15, 0.2) is 0 Å². The van der Waals surface area contributed by atoms with E-state index in [2.05, 4.69) is 0 Å². The van der Waals surface area contributed by atoms with Gasteiger partial charge in [0.25, 0.3) is 0 Å². The monoisotopic (exact) mass is 200 g/mol. The summed E-state index contributed by atoms with van der Waals surface area (Å²) in [5, 5.41) is 8.41. The van der Waals surface area contributed by atoms with Crippen molar-refractivity contribution >= 4 is 5.97 Å². The molecule has 0 saturated carbocycles. The summed E-state index contributed by atoms with van der Waals surface area (Å²) in [6.45, 7) is 1.41. The maximum absolute atomic E-state index is 13.0. The Morgan fingerprint density at radius 2 is 2.14 bits per heavy atom. The van der Waals surface area contributed by atoms with Crippen molar-refractivity contribution in [2.24, 2.45) is 0 Å². The van der Waals surface area contributed by atoms with Crippen molar-refractivity contribution in [1.29, 1.82) is 0 Å². The van der Waals surface area contributed by atoms with Gasteiger partial charge in [0.2, 0.25) is 6.17 Å². The Morgan fingerprint density at radius 1 is 1.50 bits per heavy atom.